The third kappa shape index (κ3) is 16.0. The van der Waals surface area contributed by atoms with E-state index in [4.69, 9.17) is 17.3 Å². The molecule has 0 saturated heterocycles. The van der Waals surface area contributed by atoms with Crippen LogP contribution in [0.15, 0.2) is 41.4 Å². The molecule has 1 amide bonds. The maximum atomic E-state index is 10.8. The lowest BCUT2D eigenvalue weighted by Crippen LogP contribution is -2.15. The van der Waals surface area contributed by atoms with Crippen LogP contribution in [0.5, 0.6) is 0 Å². The number of carbonyl (C=O) groups is 1. The Morgan fingerprint density at radius 2 is 1.68 bits per heavy atom. The highest BCUT2D eigenvalue weighted by Crippen LogP contribution is 2.61. The first-order valence-corrected chi connectivity index (χ1v) is 15.3. The van der Waals surface area contributed by atoms with Gasteiger partial charge in [-0.1, -0.05) is 0 Å². The van der Waals surface area contributed by atoms with Gasteiger partial charge >= 0.3 is 17.0 Å². The van der Waals surface area contributed by atoms with Crippen molar-refractivity contribution in [3.8, 4) is 0 Å². The molecule has 5 heterocycles. The monoisotopic (exact) mass is 673 g/mol. The number of aromatic nitrogens is 13. The van der Waals surface area contributed by atoms with Crippen molar-refractivity contribution in [1.82, 2.24) is 64.3 Å². The van der Waals surface area contributed by atoms with Gasteiger partial charge in [0.05, 0.1) is 13.2 Å². The number of hydrogen-bond acceptors (Lipinski definition) is 15. The quantitative estimate of drug-likeness (QED) is 0.141. The summed E-state index contributed by atoms with van der Waals surface area (Å²) in [5, 5.41) is 17.3. The van der Waals surface area contributed by atoms with E-state index < -0.39 is 11.3 Å². The molecular weight excluding hydrogens is 655 g/mol. The van der Waals surface area contributed by atoms with E-state index in [0.717, 1.165) is 6.40 Å². The van der Waals surface area contributed by atoms with Crippen LogP contribution in [-0.2, 0) is 14.0 Å². The molecule has 0 aromatic carbocycles. The molecule has 25 heteroatoms. The predicted octanol–water partition coefficient (Wildman–Crippen LogP) is 2.39. The van der Waals surface area contributed by atoms with Gasteiger partial charge in [0, 0.05) is 0 Å². The minimum Gasteiger partial charge on any atom is -0.483 e. The van der Waals surface area contributed by atoms with Gasteiger partial charge in [-0.2, -0.15) is 10.1 Å². The van der Waals surface area contributed by atoms with Gasteiger partial charge in [-0.15, -0.1) is 25.4 Å². The van der Waals surface area contributed by atoms with E-state index in [1.165, 1.54) is 40.4 Å². The second kappa shape index (κ2) is 19.2. The van der Waals surface area contributed by atoms with Crippen LogP contribution in [-0.4, -0.2) is 90.0 Å². The zero-order valence-corrected chi connectivity index (χ0v) is 24.7. The normalized spacial score (nSPS) is 10.2. The Kier molecular flexibility index (Phi) is 16.4. The third-order valence-electron chi connectivity index (χ3n) is 3.28. The summed E-state index contributed by atoms with van der Waals surface area (Å²) in [6, 6.07) is 0. The SMILES string of the molecule is CCOC=NC(=O)OCC.Clc1ncnc2nncn12.Nc1ncn[nH]1.O=P(Cl)(Cl)Cl.O=c1[nH]cnc2nncn12. The number of amides is 1. The van der Waals surface area contributed by atoms with Gasteiger partial charge in [0.15, 0.2) is 6.40 Å². The molecule has 5 aromatic rings. The molecule has 4 N–H and O–H groups in total. The number of halogens is 4. The van der Waals surface area contributed by atoms with Crippen LogP contribution in [0.2, 0.25) is 5.28 Å². The van der Waals surface area contributed by atoms with Crippen LogP contribution >= 0.6 is 50.5 Å². The highest BCUT2D eigenvalue weighted by atomic mass is 36.0. The maximum Gasteiger partial charge on any atom is 0.436 e. The Hall–Kier alpha value is -3.97. The van der Waals surface area contributed by atoms with E-state index in [9.17, 15) is 14.2 Å². The molecule has 0 aliphatic heterocycles. The average molecular weight is 675 g/mol. The maximum absolute atomic E-state index is 10.8. The topological polar surface area (TPSA) is 264 Å². The molecule has 5 aromatic heterocycles. The van der Waals surface area contributed by atoms with Gasteiger partial charge in [0.2, 0.25) is 11.2 Å². The smallest absolute Gasteiger partial charge is 0.436 e. The van der Waals surface area contributed by atoms with E-state index in [-0.39, 0.29) is 5.69 Å². The number of aliphatic imine (C=N–C) groups is 1. The van der Waals surface area contributed by atoms with Crippen LogP contribution in [0.1, 0.15) is 13.8 Å². The molecule has 0 saturated carbocycles. The number of H-pyrrole nitrogens is 2. The molecule has 222 valence electrons. The fraction of sp³-hybridized carbons (Fsp3) is 0.250. The van der Waals surface area contributed by atoms with Crippen molar-refractivity contribution in [1.29, 1.82) is 0 Å². The van der Waals surface area contributed by atoms with Crippen molar-refractivity contribution in [2.75, 3.05) is 18.9 Å². The second-order valence-electron chi connectivity index (χ2n) is 6.01. The first kappa shape index (κ1) is 35.1. The van der Waals surface area contributed by atoms with E-state index in [0.29, 0.717) is 36.0 Å². The molecular formula is C16H20Cl4N15O5P. The number of ether oxygens (including phenoxy) is 2. The summed E-state index contributed by atoms with van der Waals surface area (Å²) < 4.78 is 21.4. The molecule has 5 rings (SSSR count). The van der Waals surface area contributed by atoms with E-state index in [2.05, 4.69) is 104 Å². The van der Waals surface area contributed by atoms with Crippen molar-refractivity contribution in [3.63, 3.8) is 0 Å². The molecule has 0 atom stereocenters. The number of rotatable bonds is 3. The Balaban J connectivity index is 0.000000263. The highest BCUT2D eigenvalue weighted by Gasteiger charge is 2.03. The van der Waals surface area contributed by atoms with E-state index in [1.54, 1.807) is 13.8 Å². The number of nitrogens with zero attached hydrogens (tertiary/aromatic N) is 12. The summed E-state index contributed by atoms with van der Waals surface area (Å²) >= 11 is 19.5. The molecule has 0 bridgehead atoms. The summed E-state index contributed by atoms with van der Waals surface area (Å²) in [4.78, 5) is 41.7. The van der Waals surface area contributed by atoms with Gasteiger partial charge in [0.1, 0.15) is 31.6 Å². The summed E-state index contributed by atoms with van der Waals surface area (Å²) in [6.45, 7) is 4.36. The number of nitrogens with one attached hydrogen (secondary N) is 2. The minimum absolute atomic E-state index is 0.282. The first-order valence-electron chi connectivity index (χ1n) is 10.5. The van der Waals surface area contributed by atoms with Crippen LogP contribution in [0.25, 0.3) is 11.6 Å². The molecule has 0 unspecified atom stereocenters. The predicted molar refractivity (Wildman–Crippen MR) is 148 cm³/mol. The Labute approximate surface area is 248 Å². The molecule has 0 aliphatic carbocycles. The fourth-order valence-corrected chi connectivity index (χ4v) is 2.01. The standard InChI is InChI=1S/C6H11NO3.C4H2ClN5.C4H3N5O.C2H4N4.Cl3OP/c1-3-9-5-7-6(8)10-4-2;5-3-6-1-7-4-9-8-2-10(3)4;10-4-6-1-5-3-8-7-2-9(3)4;3-2-4-1-5-6-2;1-5(2,3)4/h5H,3-4H2,1-2H3;1-2H;1-2H,(H,5,6,8,10);1H,(H3,3,4,5,6);. The molecule has 0 radical (unpaired) electrons. The van der Waals surface area contributed by atoms with Crippen molar-refractivity contribution in [3.05, 3.63) is 47.4 Å². The third-order valence-corrected chi connectivity index (χ3v) is 3.56. The molecule has 20 nitrogen and oxygen atoms in total. The van der Waals surface area contributed by atoms with Crippen molar-refractivity contribution in [2.45, 2.75) is 13.8 Å². The molecule has 0 fully saturated rings. The van der Waals surface area contributed by atoms with Crippen LogP contribution in [0.4, 0.5) is 10.7 Å². The van der Waals surface area contributed by atoms with Gasteiger partial charge in [-0.3, -0.25) is 9.55 Å². The van der Waals surface area contributed by atoms with Crippen molar-refractivity contribution < 1.29 is 18.8 Å². The lowest BCUT2D eigenvalue weighted by atomic mass is 10.9. The zero-order valence-electron chi connectivity index (χ0n) is 20.8. The fourth-order valence-electron chi connectivity index (χ4n) is 1.84. The number of hydrogen-bond donors (Lipinski definition) is 3. The molecule has 41 heavy (non-hydrogen) atoms. The van der Waals surface area contributed by atoms with Gasteiger partial charge in [-0.25, -0.2) is 38.4 Å². The van der Waals surface area contributed by atoms with Crippen molar-refractivity contribution >= 4 is 80.5 Å². The van der Waals surface area contributed by atoms with Crippen LogP contribution in [0.3, 0.4) is 0 Å². The summed E-state index contributed by atoms with van der Waals surface area (Å²) in [5.74, 6) is 1.12. The van der Waals surface area contributed by atoms with Crippen LogP contribution in [0, 0.1) is 0 Å². The van der Waals surface area contributed by atoms with Crippen molar-refractivity contribution in [2.24, 2.45) is 4.99 Å². The number of nitrogens with two attached hydrogens (primary N) is 1. The van der Waals surface area contributed by atoms with Gasteiger partial charge in [-0.05, 0) is 59.2 Å². The Bertz CT molecular complexity index is 1560. The second-order valence-corrected chi connectivity index (χ2v) is 13.0. The number of carbonyl (C=O) groups excluding carboxylic acids is 1. The lowest BCUT2D eigenvalue weighted by molar-refractivity contribution is 0.163. The van der Waals surface area contributed by atoms with E-state index >= 15 is 0 Å². The number of nitrogen functional groups attached to an aromatic ring is 1. The average Bonchev–Trinajstić information content (AvgIpc) is 3.68. The molecule has 0 aliphatic rings. The summed E-state index contributed by atoms with van der Waals surface area (Å²) in [7, 11) is 0. The highest BCUT2D eigenvalue weighted by molar-refractivity contribution is 8.24. The number of fused-ring (bicyclic) bond motifs is 2. The summed E-state index contributed by atoms with van der Waals surface area (Å²) in [5.41, 5.74) is 4.77. The van der Waals surface area contributed by atoms with Gasteiger partial charge < -0.3 is 15.2 Å². The van der Waals surface area contributed by atoms with E-state index in [1.807, 2.05) is 0 Å². The summed E-state index contributed by atoms with van der Waals surface area (Å²) in [6.07, 6.45) is 7.21. The zero-order chi connectivity index (χ0) is 30.7. The largest absolute Gasteiger partial charge is 0.483 e. The van der Waals surface area contributed by atoms with Gasteiger partial charge in [0.25, 0.3) is 11.6 Å². The number of anilines is 1. The Morgan fingerprint density at radius 3 is 2.17 bits per heavy atom. The van der Waals surface area contributed by atoms with Crippen LogP contribution < -0.4 is 11.4 Å². The molecule has 0 spiro atoms. The Morgan fingerprint density at radius 1 is 1.05 bits per heavy atom. The number of aromatic amines is 2. The first-order chi connectivity index (χ1) is 19.5. The lowest BCUT2D eigenvalue weighted by Gasteiger charge is -1.93. The minimum atomic E-state index is -3.22.